The summed E-state index contributed by atoms with van der Waals surface area (Å²) in [6.07, 6.45) is 1.42. The number of anilines is 1. The second kappa shape index (κ2) is 5.90. The largest absolute Gasteiger partial charge is 0.369 e. The second-order valence-corrected chi connectivity index (χ2v) is 3.51. The van der Waals surface area contributed by atoms with Crippen molar-refractivity contribution in [3.8, 4) is 0 Å². The standard InChI is InChI=1S/C10H15ClN2O2/c1-13(7-10(14-2)15-3)8-4-5-12-9(11)6-8/h4-6,10H,7H2,1-3H3. The van der Waals surface area contributed by atoms with Gasteiger partial charge in [0.2, 0.25) is 0 Å². The van der Waals surface area contributed by atoms with E-state index >= 15 is 0 Å². The topological polar surface area (TPSA) is 34.6 Å². The molecule has 1 heterocycles. The molecule has 0 amide bonds. The van der Waals surface area contributed by atoms with E-state index in [0.717, 1.165) is 5.69 Å². The van der Waals surface area contributed by atoms with Crippen LogP contribution in [-0.4, -0.2) is 39.1 Å². The molecule has 0 aliphatic rings. The summed E-state index contributed by atoms with van der Waals surface area (Å²) in [4.78, 5) is 5.91. The maximum absolute atomic E-state index is 5.79. The zero-order valence-corrected chi connectivity index (χ0v) is 9.86. The summed E-state index contributed by atoms with van der Waals surface area (Å²) in [5, 5.41) is 0.478. The molecular formula is C10H15ClN2O2. The van der Waals surface area contributed by atoms with Gasteiger partial charge in [-0.15, -0.1) is 0 Å². The smallest absolute Gasteiger partial charge is 0.174 e. The van der Waals surface area contributed by atoms with Crippen LogP contribution in [-0.2, 0) is 9.47 Å². The summed E-state index contributed by atoms with van der Waals surface area (Å²) in [7, 11) is 5.17. The molecule has 1 rings (SSSR count). The van der Waals surface area contributed by atoms with Crippen LogP contribution in [0.5, 0.6) is 0 Å². The van der Waals surface area contributed by atoms with E-state index in [1.54, 1.807) is 26.5 Å². The molecule has 84 valence electrons. The number of pyridine rings is 1. The van der Waals surface area contributed by atoms with Crippen LogP contribution in [0.15, 0.2) is 18.3 Å². The van der Waals surface area contributed by atoms with Crippen molar-refractivity contribution < 1.29 is 9.47 Å². The molecule has 0 unspecified atom stereocenters. The van der Waals surface area contributed by atoms with E-state index in [4.69, 9.17) is 21.1 Å². The van der Waals surface area contributed by atoms with Crippen LogP contribution >= 0.6 is 11.6 Å². The Balaban J connectivity index is 2.64. The molecule has 0 aromatic carbocycles. The highest BCUT2D eigenvalue weighted by Gasteiger charge is 2.10. The summed E-state index contributed by atoms with van der Waals surface area (Å²) in [6.45, 7) is 0.632. The predicted molar refractivity (Wildman–Crippen MR) is 60.3 cm³/mol. The van der Waals surface area contributed by atoms with Gasteiger partial charge < -0.3 is 14.4 Å². The Morgan fingerprint density at radius 2 is 2.13 bits per heavy atom. The van der Waals surface area contributed by atoms with Crippen molar-refractivity contribution in [3.63, 3.8) is 0 Å². The average molecular weight is 231 g/mol. The van der Waals surface area contributed by atoms with Crippen molar-refractivity contribution in [2.45, 2.75) is 6.29 Å². The molecule has 0 atom stereocenters. The van der Waals surface area contributed by atoms with Gasteiger partial charge in [-0.3, -0.25) is 0 Å². The molecule has 15 heavy (non-hydrogen) atoms. The lowest BCUT2D eigenvalue weighted by Crippen LogP contribution is -2.31. The number of likely N-dealkylation sites (N-methyl/N-ethyl adjacent to an activating group) is 1. The third-order valence-corrected chi connectivity index (χ3v) is 2.31. The number of aromatic nitrogens is 1. The van der Waals surface area contributed by atoms with Gasteiger partial charge in [0.1, 0.15) is 5.15 Å². The second-order valence-electron chi connectivity index (χ2n) is 3.12. The molecule has 0 bridgehead atoms. The number of hydrogen-bond donors (Lipinski definition) is 0. The van der Waals surface area contributed by atoms with E-state index in [9.17, 15) is 0 Å². The zero-order chi connectivity index (χ0) is 11.3. The summed E-state index contributed by atoms with van der Waals surface area (Å²) in [5.41, 5.74) is 0.981. The Morgan fingerprint density at radius 1 is 1.47 bits per heavy atom. The number of rotatable bonds is 5. The average Bonchev–Trinajstić information content (AvgIpc) is 2.25. The minimum absolute atomic E-state index is 0.248. The van der Waals surface area contributed by atoms with Gasteiger partial charge in [-0.1, -0.05) is 11.6 Å². The van der Waals surface area contributed by atoms with E-state index in [2.05, 4.69) is 4.98 Å². The number of ether oxygens (including phenoxy) is 2. The molecule has 4 nitrogen and oxygen atoms in total. The fraction of sp³-hybridized carbons (Fsp3) is 0.500. The van der Waals surface area contributed by atoms with Crippen LogP contribution in [0.1, 0.15) is 0 Å². The summed E-state index contributed by atoms with van der Waals surface area (Å²) < 4.78 is 10.2. The van der Waals surface area contributed by atoms with Gasteiger partial charge in [0.05, 0.1) is 6.54 Å². The Bertz CT molecular complexity index is 305. The molecular weight excluding hydrogens is 216 g/mol. The summed E-state index contributed by atoms with van der Waals surface area (Å²) >= 11 is 5.79. The Hall–Kier alpha value is -0.840. The molecule has 0 aliphatic heterocycles. The molecule has 1 aromatic heterocycles. The highest BCUT2D eigenvalue weighted by molar-refractivity contribution is 6.29. The number of hydrogen-bond acceptors (Lipinski definition) is 4. The van der Waals surface area contributed by atoms with Gasteiger partial charge in [0, 0.05) is 33.2 Å². The normalized spacial score (nSPS) is 10.7. The van der Waals surface area contributed by atoms with Gasteiger partial charge in [-0.2, -0.15) is 0 Å². The van der Waals surface area contributed by atoms with Crippen LogP contribution < -0.4 is 4.90 Å². The van der Waals surface area contributed by atoms with Crippen molar-refractivity contribution in [1.29, 1.82) is 0 Å². The molecule has 0 saturated carbocycles. The van der Waals surface area contributed by atoms with Crippen molar-refractivity contribution in [2.75, 3.05) is 32.7 Å². The van der Waals surface area contributed by atoms with Crippen LogP contribution in [0.25, 0.3) is 0 Å². The monoisotopic (exact) mass is 230 g/mol. The molecule has 0 radical (unpaired) electrons. The highest BCUT2D eigenvalue weighted by atomic mass is 35.5. The van der Waals surface area contributed by atoms with E-state index in [1.807, 2.05) is 18.0 Å². The Labute approximate surface area is 94.8 Å². The number of halogens is 1. The minimum atomic E-state index is -0.248. The van der Waals surface area contributed by atoms with Gasteiger partial charge in [-0.25, -0.2) is 4.98 Å². The van der Waals surface area contributed by atoms with Crippen LogP contribution in [0.4, 0.5) is 5.69 Å². The van der Waals surface area contributed by atoms with Gasteiger partial charge in [0.15, 0.2) is 6.29 Å². The maximum Gasteiger partial charge on any atom is 0.174 e. The highest BCUT2D eigenvalue weighted by Crippen LogP contribution is 2.16. The fourth-order valence-corrected chi connectivity index (χ4v) is 1.37. The minimum Gasteiger partial charge on any atom is -0.369 e. The first-order valence-electron chi connectivity index (χ1n) is 4.55. The van der Waals surface area contributed by atoms with E-state index < -0.39 is 0 Å². The van der Waals surface area contributed by atoms with Crippen molar-refractivity contribution in [1.82, 2.24) is 4.98 Å². The third kappa shape index (κ3) is 3.66. The number of nitrogens with zero attached hydrogens (tertiary/aromatic N) is 2. The summed E-state index contributed by atoms with van der Waals surface area (Å²) in [6, 6.07) is 3.68. The van der Waals surface area contributed by atoms with E-state index in [0.29, 0.717) is 11.7 Å². The lowest BCUT2D eigenvalue weighted by molar-refractivity contribution is -0.0944. The molecule has 0 aliphatic carbocycles. The SMILES string of the molecule is COC(CN(C)c1ccnc(Cl)c1)OC. The predicted octanol–water partition coefficient (Wildman–Crippen LogP) is 1.79. The van der Waals surface area contributed by atoms with Crippen molar-refractivity contribution in [3.05, 3.63) is 23.5 Å². The molecule has 5 heteroatoms. The fourth-order valence-electron chi connectivity index (χ4n) is 1.20. The summed E-state index contributed by atoms with van der Waals surface area (Å²) in [5.74, 6) is 0. The lowest BCUT2D eigenvalue weighted by Gasteiger charge is -2.23. The quantitative estimate of drug-likeness (QED) is 0.571. The Kier molecular flexibility index (Phi) is 4.81. The first-order valence-corrected chi connectivity index (χ1v) is 4.93. The Morgan fingerprint density at radius 3 is 2.67 bits per heavy atom. The number of methoxy groups -OCH3 is 2. The van der Waals surface area contributed by atoms with Crippen LogP contribution in [0.2, 0.25) is 5.15 Å². The van der Waals surface area contributed by atoms with Gasteiger partial charge >= 0.3 is 0 Å². The third-order valence-electron chi connectivity index (χ3n) is 2.10. The van der Waals surface area contributed by atoms with E-state index in [1.165, 1.54) is 0 Å². The van der Waals surface area contributed by atoms with Gasteiger partial charge in [0.25, 0.3) is 0 Å². The first-order chi connectivity index (χ1) is 7.17. The van der Waals surface area contributed by atoms with Crippen molar-refractivity contribution >= 4 is 17.3 Å². The zero-order valence-electron chi connectivity index (χ0n) is 9.11. The first kappa shape index (κ1) is 12.2. The molecule has 1 aromatic rings. The van der Waals surface area contributed by atoms with Crippen molar-refractivity contribution in [2.24, 2.45) is 0 Å². The van der Waals surface area contributed by atoms with Crippen LogP contribution in [0.3, 0.4) is 0 Å². The molecule has 0 N–H and O–H groups in total. The maximum atomic E-state index is 5.79. The molecule has 0 fully saturated rings. The lowest BCUT2D eigenvalue weighted by atomic mass is 10.3. The molecule has 0 saturated heterocycles. The van der Waals surface area contributed by atoms with Gasteiger partial charge in [-0.05, 0) is 12.1 Å². The van der Waals surface area contributed by atoms with Crippen LogP contribution in [0, 0.1) is 0 Å². The molecule has 0 spiro atoms. The van der Waals surface area contributed by atoms with E-state index in [-0.39, 0.29) is 6.29 Å².